The van der Waals surface area contributed by atoms with Gasteiger partial charge in [-0.25, -0.2) is 0 Å². The van der Waals surface area contributed by atoms with E-state index >= 15 is 0 Å². The largest absolute Gasteiger partial charge is 0.336 e. The first-order valence-electron chi connectivity index (χ1n) is 6.91. The number of carbonyl (C=O) groups excluding carboxylic acids is 1. The number of nitrogens with zero attached hydrogens (tertiary/aromatic N) is 2. The monoisotopic (exact) mass is 252 g/mol. The molecular weight excluding hydrogens is 224 g/mol. The van der Waals surface area contributed by atoms with Crippen molar-refractivity contribution in [3.8, 4) is 0 Å². The van der Waals surface area contributed by atoms with Crippen molar-refractivity contribution in [3.63, 3.8) is 0 Å². The van der Waals surface area contributed by atoms with Crippen LogP contribution in [0.2, 0.25) is 0 Å². The molecule has 0 radical (unpaired) electrons. The molecule has 0 aromatic heterocycles. The lowest BCUT2D eigenvalue weighted by Gasteiger charge is -2.29. The van der Waals surface area contributed by atoms with Crippen LogP contribution in [0.5, 0.6) is 0 Å². The first-order chi connectivity index (χ1) is 8.29. The Kier molecular flexibility index (Phi) is 5.39. The molecule has 0 spiro atoms. The third kappa shape index (κ3) is 5.21. The fourth-order valence-electron chi connectivity index (χ4n) is 2.51. The number of likely N-dealkylation sites (tertiary alicyclic amines) is 1. The SMILES string of the molecule is CN(C)C/C=C/C(=O)N1CCC[C@H]1CC(C)(C)C. The zero-order chi connectivity index (χ0) is 13.8. The van der Waals surface area contributed by atoms with Gasteiger partial charge >= 0.3 is 0 Å². The Balaban J connectivity index is 2.53. The molecule has 1 amide bonds. The van der Waals surface area contributed by atoms with Crippen LogP contribution in [0.1, 0.15) is 40.0 Å². The van der Waals surface area contributed by atoms with Crippen molar-refractivity contribution in [2.45, 2.75) is 46.1 Å². The highest BCUT2D eigenvalue weighted by molar-refractivity contribution is 5.88. The van der Waals surface area contributed by atoms with Crippen LogP contribution >= 0.6 is 0 Å². The summed E-state index contributed by atoms with van der Waals surface area (Å²) >= 11 is 0. The quantitative estimate of drug-likeness (QED) is 0.718. The highest BCUT2D eigenvalue weighted by Gasteiger charge is 2.30. The second-order valence-corrected chi connectivity index (χ2v) is 6.76. The van der Waals surface area contributed by atoms with E-state index in [1.165, 1.54) is 0 Å². The number of likely N-dealkylation sites (N-methyl/N-ethyl adjacent to an activating group) is 1. The predicted molar refractivity (Wildman–Crippen MR) is 76.5 cm³/mol. The van der Waals surface area contributed by atoms with Crippen LogP contribution in [0.15, 0.2) is 12.2 Å². The summed E-state index contributed by atoms with van der Waals surface area (Å²) in [6.07, 6.45) is 7.09. The maximum Gasteiger partial charge on any atom is 0.246 e. The molecule has 1 atom stereocenters. The minimum Gasteiger partial charge on any atom is -0.336 e. The van der Waals surface area contributed by atoms with Gasteiger partial charge in [0, 0.05) is 25.2 Å². The van der Waals surface area contributed by atoms with Crippen LogP contribution in [-0.2, 0) is 4.79 Å². The van der Waals surface area contributed by atoms with Gasteiger partial charge in [-0.2, -0.15) is 0 Å². The van der Waals surface area contributed by atoms with Crippen molar-refractivity contribution >= 4 is 5.91 Å². The molecule has 0 saturated carbocycles. The van der Waals surface area contributed by atoms with Gasteiger partial charge in [0.05, 0.1) is 0 Å². The fourth-order valence-corrected chi connectivity index (χ4v) is 2.51. The van der Waals surface area contributed by atoms with Gasteiger partial charge < -0.3 is 9.80 Å². The van der Waals surface area contributed by atoms with Gasteiger partial charge in [0.1, 0.15) is 0 Å². The van der Waals surface area contributed by atoms with Gasteiger partial charge in [-0.15, -0.1) is 0 Å². The van der Waals surface area contributed by atoms with E-state index in [0.717, 1.165) is 32.4 Å². The maximum atomic E-state index is 12.1. The van der Waals surface area contributed by atoms with Crippen LogP contribution in [0.3, 0.4) is 0 Å². The van der Waals surface area contributed by atoms with Gasteiger partial charge in [-0.3, -0.25) is 4.79 Å². The van der Waals surface area contributed by atoms with Crippen molar-refractivity contribution in [1.29, 1.82) is 0 Å². The number of rotatable bonds is 4. The van der Waals surface area contributed by atoms with E-state index in [0.29, 0.717) is 11.5 Å². The summed E-state index contributed by atoms with van der Waals surface area (Å²) in [5.41, 5.74) is 0.293. The standard InChI is InChI=1S/C15H28N2O/c1-15(2,3)12-13-8-6-11-17(13)14(18)9-7-10-16(4)5/h7,9,13H,6,8,10-12H2,1-5H3/b9-7+/t13-/m0/s1. The second-order valence-electron chi connectivity index (χ2n) is 6.76. The summed E-state index contributed by atoms with van der Waals surface area (Å²) in [5, 5.41) is 0. The molecule has 1 aliphatic heterocycles. The molecule has 3 heteroatoms. The Labute approximate surface area is 112 Å². The van der Waals surface area contributed by atoms with E-state index in [2.05, 4.69) is 30.6 Å². The van der Waals surface area contributed by atoms with Crippen molar-refractivity contribution in [2.24, 2.45) is 5.41 Å². The predicted octanol–water partition coefficient (Wildman–Crippen LogP) is 2.53. The summed E-state index contributed by atoms with van der Waals surface area (Å²) in [6, 6.07) is 0.432. The lowest BCUT2D eigenvalue weighted by molar-refractivity contribution is -0.127. The minimum absolute atomic E-state index is 0.184. The second kappa shape index (κ2) is 6.37. The van der Waals surface area contributed by atoms with E-state index in [9.17, 15) is 4.79 Å². The lowest BCUT2D eigenvalue weighted by Crippen LogP contribution is -2.36. The Morgan fingerprint density at radius 3 is 2.61 bits per heavy atom. The Morgan fingerprint density at radius 2 is 2.06 bits per heavy atom. The number of hydrogen-bond acceptors (Lipinski definition) is 2. The third-order valence-electron chi connectivity index (χ3n) is 3.24. The average molecular weight is 252 g/mol. The number of hydrogen-bond donors (Lipinski definition) is 0. The number of carbonyl (C=O) groups is 1. The van der Waals surface area contributed by atoms with E-state index < -0.39 is 0 Å². The molecule has 0 aromatic carbocycles. The van der Waals surface area contributed by atoms with Crippen LogP contribution < -0.4 is 0 Å². The van der Waals surface area contributed by atoms with Gasteiger partial charge in [-0.05, 0) is 38.8 Å². The van der Waals surface area contributed by atoms with Gasteiger partial charge in [0.2, 0.25) is 5.91 Å². The van der Waals surface area contributed by atoms with Crippen molar-refractivity contribution in [2.75, 3.05) is 27.2 Å². The molecule has 0 unspecified atom stereocenters. The Hall–Kier alpha value is -0.830. The summed E-state index contributed by atoms with van der Waals surface area (Å²) in [7, 11) is 4.01. The van der Waals surface area contributed by atoms with Gasteiger partial charge in [0.15, 0.2) is 0 Å². The molecule has 1 saturated heterocycles. The fraction of sp³-hybridized carbons (Fsp3) is 0.800. The lowest BCUT2D eigenvalue weighted by atomic mass is 9.87. The highest BCUT2D eigenvalue weighted by Crippen LogP contribution is 2.29. The first-order valence-corrected chi connectivity index (χ1v) is 6.91. The van der Waals surface area contributed by atoms with Crippen LogP contribution in [0, 0.1) is 5.41 Å². The molecule has 1 rings (SSSR count). The summed E-state index contributed by atoms with van der Waals surface area (Å²) in [6.45, 7) is 8.48. The van der Waals surface area contributed by atoms with Gasteiger partial charge in [0.25, 0.3) is 0 Å². The van der Waals surface area contributed by atoms with Crippen LogP contribution in [0.25, 0.3) is 0 Å². The summed E-state index contributed by atoms with van der Waals surface area (Å²) in [5.74, 6) is 0.184. The zero-order valence-electron chi connectivity index (χ0n) is 12.6. The van der Waals surface area contributed by atoms with E-state index in [1.807, 2.05) is 20.2 Å². The van der Waals surface area contributed by atoms with Crippen molar-refractivity contribution in [1.82, 2.24) is 9.80 Å². The topological polar surface area (TPSA) is 23.6 Å². The molecule has 1 heterocycles. The smallest absolute Gasteiger partial charge is 0.246 e. The Bertz CT molecular complexity index is 302. The van der Waals surface area contributed by atoms with Crippen LogP contribution in [0.4, 0.5) is 0 Å². The molecule has 1 aliphatic rings. The highest BCUT2D eigenvalue weighted by atomic mass is 16.2. The van der Waals surface area contributed by atoms with Crippen molar-refractivity contribution < 1.29 is 4.79 Å². The molecule has 0 aliphatic carbocycles. The molecule has 3 nitrogen and oxygen atoms in total. The summed E-state index contributed by atoms with van der Waals surface area (Å²) < 4.78 is 0. The molecule has 18 heavy (non-hydrogen) atoms. The molecular formula is C15H28N2O. The normalized spacial score (nSPS) is 21.2. The number of amides is 1. The van der Waals surface area contributed by atoms with E-state index in [4.69, 9.17) is 0 Å². The maximum absolute atomic E-state index is 12.1. The zero-order valence-corrected chi connectivity index (χ0v) is 12.6. The molecule has 104 valence electrons. The van der Waals surface area contributed by atoms with Crippen LogP contribution in [-0.4, -0.2) is 48.9 Å². The summed E-state index contributed by atoms with van der Waals surface area (Å²) in [4.78, 5) is 16.3. The van der Waals surface area contributed by atoms with E-state index in [-0.39, 0.29) is 5.91 Å². The average Bonchev–Trinajstić information content (AvgIpc) is 2.62. The molecule has 1 fully saturated rings. The van der Waals surface area contributed by atoms with Crippen molar-refractivity contribution in [3.05, 3.63) is 12.2 Å². The van der Waals surface area contributed by atoms with E-state index in [1.54, 1.807) is 6.08 Å². The first kappa shape index (κ1) is 15.2. The third-order valence-corrected chi connectivity index (χ3v) is 3.24. The molecule has 0 N–H and O–H groups in total. The minimum atomic E-state index is 0.184. The molecule has 0 aromatic rings. The van der Waals surface area contributed by atoms with Gasteiger partial charge in [-0.1, -0.05) is 26.8 Å². The molecule has 0 bridgehead atoms. The Morgan fingerprint density at radius 1 is 1.39 bits per heavy atom.